The van der Waals surface area contributed by atoms with Crippen LogP contribution in [0.5, 0.6) is 0 Å². The maximum Gasteiger partial charge on any atom is 0.216 e. The molecule has 0 spiro atoms. The molecule has 2 aromatic heterocycles. The van der Waals surface area contributed by atoms with Gasteiger partial charge < -0.3 is 9.73 Å². The summed E-state index contributed by atoms with van der Waals surface area (Å²) in [7, 11) is 0. The molecule has 5 nitrogen and oxygen atoms in total. The van der Waals surface area contributed by atoms with Crippen LogP contribution in [0.3, 0.4) is 0 Å². The molecule has 1 fully saturated rings. The molecule has 0 amide bonds. The normalized spacial score (nSPS) is 21.7. The SMILES string of the molecule is Cc1nnc(C[C@@H]2CC[C@H](Nc3nccc(C)c3Cl)C2)o1. The highest BCUT2D eigenvalue weighted by atomic mass is 35.5. The molecular formula is C15H19ClN4O. The van der Waals surface area contributed by atoms with Gasteiger partial charge in [-0.25, -0.2) is 4.98 Å². The molecule has 112 valence electrons. The van der Waals surface area contributed by atoms with E-state index in [0.717, 1.165) is 43.0 Å². The minimum atomic E-state index is 0.408. The molecule has 2 heterocycles. The average Bonchev–Trinajstić information content (AvgIpc) is 3.05. The summed E-state index contributed by atoms with van der Waals surface area (Å²) in [5, 5.41) is 12.1. The largest absolute Gasteiger partial charge is 0.426 e. The van der Waals surface area contributed by atoms with Crippen molar-refractivity contribution in [1.82, 2.24) is 15.2 Å². The molecule has 1 N–H and O–H groups in total. The van der Waals surface area contributed by atoms with Gasteiger partial charge in [0, 0.05) is 25.6 Å². The lowest BCUT2D eigenvalue weighted by Gasteiger charge is -2.15. The first-order valence-electron chi connectivity index (χ1n) is 7.28. The van der Waals surface area contributed by atoms with E-state index in [0.29, 0.717) is 22.9 Å². The molecule has 2 atom stereocenters. The van der Waals surface area contributed by atoms with Crippen molar-refractivity contribution >= 4 is 17.4 Å². The zero-order valence-corrected chi connectivity index (χ0v) is 13.0. The smallest absolute Gasteiger partial charge is 0.216 e. The highest BCUT2D eigenvalue weighted by molar-refractivity contribution is 6.33. The predicted molar refractivity (Wildman–Crippen MR) is 81.5 cm³/mol. The Morgan fingerprint density at radius 1 is 1.33 bits per heavy atom. The topological polar surface area (TPSA) is 63.8 Å². The summed E-state index contributed by atoms with van der Waals surface area (Å²) in [5.41, 5.74) is 1.05. The monoisotopic (exact) mass is 306 g/mol. The molecule has 0 saturated heterocycles. The van der Waals surface area contributed by atoms with Crippen molar-refractivity contribution in [3.05, 3.63) is 34.6 Å². The zero-order valence-electron chi connectivity index (χ0n) is 12.3. The van der Waals surface area contributed by atoms with Crippen molar-refractivity contribution in [2.45, 2.75) is 45.6 Å². The number of nitrogens with zero attached hydrogens (tertiary/aromatic N) is 3. The molecule has 1 saturated carbocycles. The quantitative estimate of drug-likeness (QED) is 0.935. The maximum atomic E-state index is 6.28. The van der Waals surface area contributed by atoms with Gasteiger partial charge in [-0.05, 0) is 43.7 Å². The number of halogens is 1. The average molecular weight is 307 g/mol. The number of aromatic nitrogens is 3. The van der Waals surface area contributed by atoms with Gasteiger partial charge in [0.15, 0.2) is 0 Å². The molecular weight excluding hydrogens is 288 g/mol. The Bertz CT molecular complexity index is 628. The number of pyridine rings is 1. The fourth-order valence-electron chi connectivity index (χ4n) is 2.89. The van der Waals surface area contributed by atoms with Crippen molar-refractivity contribution in [2.75, 3.05) is 5.32 Å². The van der Waals surface area contributed by atoms with E-state index in [1.165, 1.54) is 0 Å². The standard InChI is InChI=1S/C15H19ClN4O/c1-9-5-6-17-15(14(9)16)18-12-4-3-11(7-12)8-13-20-19-10(2)21-13/h5-6,11-12H,3-4,7-8H2,1-2H3,(H,17,18)/t11-,12+/m1/s1. The van der Waals surface area contributed by atoms with Crippen molar-refractivity contribution in [3.8, 4) is 0 Å². The second-order valence-electron chi connectivity index (χ2n) is 5.73. The van der Waals surface area contributed by atoms with Crippen LogP contribution < -0.4 is 5.32 Å². The fourth-order valence-corrected chi connectivity index (χ4v) is 3.06. The lowest BCUT2D eigenvalue weighted by atomic mass is 10.0. The summed E-state index contributed by atoms with van der Waals surface area (Å²) >= 11 is 6.28. The first-order valence-corrected chi connectivity index (χ1v) is 7.66. The summed E-state index contributed by atoms with van der Waals surface area (Å²) in [4.78, 5) is 4.33. The minimum absolute atomic E-state index is 0.408. The van der Waals surface area contributed by atoms with Crippen LogP contribution in [0.15, 0.2) is 16.7 Å². The third-order valence-corrected chi connectivity index (χ3v) is 4.47. The van der Waals surface area contributed by atoms with Crippen LogP contribution in [-0.2, 0) is 6.42 Å². The molecule has 2 aromatic rings. The Labute approximate surface area is 129 Å². The van der Waals surface area contributed by atoms with Crippen LogP contribution in [0.2, 0.25) is 5.02 Å². The zero-order chi connectivity index (χ0) is 14.8. The minimum Gasteiger partial charge on any atom is -0.426 e. The summed E-state index contributed by atoms with van der Waals surface area (Å²) < 4.78 is 5.46. The predicted octanol–water partition coefficient (Wildman–Crippen LogP) is 3.56. The van der Waals surface area contributed by atoms with Gasteiger partial charge in [0.05, 0.1) is 5.02 Å². The van der Waals surface area contributed by atoms with Crippen LogP contribution in [0, 0.1) is 19.8 Å². The first-order chi connectivity index (χ1) is 10.1. The van der Waals surface area contributed by atoms with Crippen molar-refractivity contribution in [1.29, 1.82) is 0 Å². The van der Waals surface area contributed by atoms with Gasteiger partial charge in [-0.1, -0.05) is 11.6 Å². The molecule has 0 aliphatic heterocycles. The van der Waals surface area contributed by atoms with Gasteiger partial charge in [-0.2, -0.15) is 0 Å². The number of nitrogens with one attached hydrogen (secondary N) is 1. The second-order valence-corrected chi connectivity index (χ2v) is 6.11. The van der Waals surface area contributed by atoms with E-state index in [1.54, 1.807) is 6.20 Å². The number of anilines is 1. The summed E-state index contributed by atoms with van der Waals surface area (Å²) in [6.45, 7) is 3.81. The fraction of sp³-hybridized carbons (Fsp3) is 0.533. The molecule has 1 aliphatic rings. The van der Waals surface area contributed by atoms with Gasteiger partial charge in [-0.3, -0.25) is 0 Å². The third kappa shape index (κ3) is 3.35. The van der Waals surface area contributed by atoms with Crippen LogP contribution >= 0.6 is 11.6 Å². The number of rotatable bonds is 4. The van der Waals surface area contributed by atoms with Gasteiger partial charge >= 0.3 is 0 Å². The van der Waals surface area contributed by atoms with E-state index in [1.807, 2.05) is 19.9 Å². The summed E-state index contributed by atoms with van der Waals surface area (Å²) in [6.07, 6.45) is 5.99. The highest BCUT2D eigenvalue weighted by Gasteiger charge is 2.27. The molecule has 21 heavy (non-hydrogen) atoms. The number of hydrogen-bond acceptors (Lipinski definition) is 5. The van der Waals surface area contributed by atoms with E-state index >= 15 is 0 Å². The molecule has 0 bridgehead atoms. The highest BCUT2D eigenvalue weighted by Crippen LogP contribution is 2.32. The molecule has 6 heteroatoms. The molecule has 1 aliphatic carbocycles. The Kier molecular flexibility index (Phi) is 4.10. The Morgan fingerprint density at radius 2 is 2.19 bits per heavy atom. The Hall–Kier alpha value is -1.62. The maximum absolute atomic E-state index is 6.28. The van der Waals surface area contributed by atoms with E-state index in [9.17, 15) is 0 Å². The van der Waals surface area contributed by atoms with Crippen molar-refractivity contribution in [3.63, 3.8) is 0 Å². The van der Waals surface area contributed by atoms with Crippen LogP contribution in [0.4, 0.5) is 5.82 Å². The lowest BCUT2D eigenvalue weighted by Crippen LogP contribution is -2.17. The Balaban J connectivity index is 1.58. The van der Waals surface area contributed by atoms with Crippen LogP contribution in [0.25, 0.3) is 0 Å². The van der Waals surface area contributed by atoms with E-state index in [2.05, 4.69) is 20.5 Å². The van der Waals surface area contributed by atoms with Crippen LogP contribution in [-0.4, -0.2) is 21.2 Å². The number of aryl methyl sites for hydroxylation is 2. The van der Waals surface area contributed by atoms with Gasteiger partial charge in [-0.15, -0.1) is 10.2 Å². The van der Waals surface area contributed by atoms with Gasteiger partial charge in [0.25, 0.3) is 0 Å². The van der Waals surface area contributed by atoms with E-state index in [4.69, 9.17) is 16.0 Å². The van der Waals surface area contributed by atoms with E-state index < -0.39 is 0 Å². The summed E-state index contributed by atoms with van der Waals surface area (Å²) in [6, 6.07) is 2.33. The molecule has 0 unspecified atom stereocenters. The molecule has 3 rings (SSSR count). The van der Waals surface area contributed by atoms with Crippen molar-refractivity contribution in [2.24, 2.45) is 5.92 Å². The summed E-state index contributed by atoms with van der Waals surface area (Å²) in [5.74, 6) is 2.74. The van der Waals surface area contributed by atoms with Crippen LogP contribution in [0.1, 0.15) is 36.6 Å². The molecule has 0 radical (unpaired) electrons. The van der Waals surface area contributed by atoms with E-state index in [-0.39, 0.29) is 0 Å². The molecule has 0 aromatic carbocycles. The number of hydrogen-bond donors (Lipinski definition) is 1. The van der Waals surface area contributed by atoms with Crippen molar-refractivity contribution < 1.29 is 4.42 Å². The second kappa shape index (κ2) is 6.02. The van der Waals surface area contributed by atoms with Gasteiger partial charge in [0.2, 0.25) is 11.8 Å². The lowest BCUT2D eigenvalue weighted by molar-refractivity contribution is 0.416. The first kappa shape index (κ1) is 14.3. The third-order valence-electron chi connectivity index (χ3n) is 4.00. The Morgan fingerprint density at radius 3 is 2.95 bits per heavy atom. The van der Waals surface area contributed by atoms with Gasteiger partial charge in [0.1, 0.15) is 5.82 Å².